The molecule has 4 aromatic rings. The van der Waals surface area contributed by atoms with Crippen LogP contribution in [-0.4, -0.2) is 44.2 Å². The number of anilines is 2. The van der Waals surface area contributed by atoms with Crippen LogP contribution in [0.2, 0.25) is 0 Å². The lowest BCUT2D eigenvalue weighted by Gasteiger charge is -2.29. The van der Waals surface area contributed by atoms with E-state index < -0.39 is 5.60 Å². The maximum atomic E-state index is 12.4. The second-order valence-electron chi connectivity index (χ2n) is 10.0. The number of rotatable bonds is 4. The molecule has 36 heavy (non-hydrogen) atoms. The molecule has 1 amide bonds. The van der Waals surface area contributed by atoms with Crippen molar-refractivity contribution in [2.24, 2.45) is 7.05 Å². The number of amides is 1. The molecule has 184 valence electrons. The molecular formula is C29H31N5O2. The third-order valence-electron chi connectivity index (χ3n) is 6.22. The van der Waals surface area contributed by atoms with Gasteiger partial charge in [-0.2, -0.15) is 0 Å². The van der Waals surface area contributed by atoms with Crippen LogP contribution in [0.5, 0.6) is 0 Å². The molecule has 0 saturated heterocycles. The van der Waals surface area contributed by atoms with E-state index in [9.17, 15) is 4.79 Å². The average molecular weight is 482 g/mol. The summed E-state index contributed by atoms with van der Waals surface area (Å²) in [6, 6.07) is 18.4. The van der Waals surface area contributed by atoms with Crippen LogP contribution in [0.15, 0.2) is 73.1 Å². The monoisotopic (exact) mass is 481 g/mol. The SMILES string of the molecule is Cn1c(C2=CCN(C(=O)OC(C)(C)C)CC2)cc2c(Nc3cccc(-c4ccccn4)c3)ccnc21. The van der Waals surface area contributed by atoms with Crippen molar-refractivity contribution in [1.29, 1.82) is 0 Å². The third kappa shape index (κ3) is 4.96. The standard InChI is InChI=1S/C29H31N5O2/c1-29(2,3)36-28(35)34-16-12-20(13-17-34)26-19-23-25(11-15-31-27(23)33(26)4)32-22-9-7-8-21(18-22)24-10-5-6-14-30-24/h5-12,14-15,18-19H,13,16-17H2,1-4H3,(H,31,32). The fourth-order valence-corrected chi connectivity index (χ4v) is 4.48. The second-order valence-corrected chi connectivity index (χ2v) is 10.0. The highest BCUT2D eigenvalue weighted by molar-refractivity contribution is 5.95. The van der Waals surface area contributed by atoms with Gasteiger partial charge in [0.05, 0.1) is 11.4 Å². The Bertz CT molecular complexity index is 1430. The van der Waals surface area contributed by atoms with Gasteiger partial charge in [0, 0.05) is 54.9 Å². The molecule has 1 aliphatic rings. The normalized spacial score (nSPS) is 14.0. The largest absolute Gasteiger partial charge is 0.444 e. The Morgan fingerprint density at radius 1 is 1.03 bits per heavy atom. The van der Waals surface area contributed by atoms with Crippen molar-refractivity contribution < 1.29 is 9.53 Å². The summed E-state index contributed by atoms with van der Waals surface area (Å²) in [5, 5.41) is 4.62. The van der Waals surface area contributed by atoms with Crippen molar-refractivity contribution in [1.82, 2.24) is 19.4 Å². The summed E-state index contributed by atoms with van der Waals surface area (Å²) in [4.78, 5) is 23.3. The highest BCUT2D eigenvalue weighted by atomic mass is 16.6. The Morgan fingerprint density at radius 3 is 2.61 bits per heavy atom. The van der Waals surface area contributed by atoms with Crippen molar-refractivity contribution in [3.8, 4) is 11.3 Å². The minimum atomic E-state index is -0.497. The van der Waals surface area contributed by atoms with E-state index >= 15 is 0 Å². The minimum Gasteiger partial charge on any atom is -0.444 e. The number of fused-ring (bicyclic) bond motifs is 1. The second kappa shape index (κ2) is 9.49. The molecule has 1 N–H and O–H groups in total. The van der Waals surface area contributed by atoms with Crippen LogP contribution < -0.4 is 5.32 Å². The Kier molecular flexibility index (Phi) is 6.22. The lowest BCUT2D eigenvalue weighted by Crippen LogP contribution is -2.39. The topological polar surface area (TPSA) is 72.3 Å². The number of hydrogen-bond donors (Lipinski definition) is 1. The zero-order valence-corrected chi connectivity index (χ0v) is 21.2. The van der Waals surface area contributed by atoms with Crippen LogP contribution in [0.4, 0.5) is 16.2 Å². The van der Waals surface area contributed by atoms with Gasteiger partial charge in [0.2, 0.25) is 0 Å². The molecule has 0 unspecified atom stereocenters. The van der Waals surface area contributed by atoms with Crippen LogP contribution in [0.1, 0.15) is 32.9 Å². The van der Waals surface area contributed by atoms with Crippen molar-refractivity contribution in [2.75, 3.05) is 18.4 Å². The van der Waals surface area contributed by atoms with Crippen molar-refractivity contribution in [3.63, 3.8) is 0 Å². The molecule has 0 radical (unpaired) electrons. The molecule has 0 aliphatic carbocycles. The van der Waals surface area contributed by atoms with Crippen LogP contribution in [0.25, 0.3) is 27.9 Å². The summed E-state index contributed by atoms with van der Waals surface area (Å²) in [6.07, 6.45) is 6.25. The van der Waals surface area contributed by atoms with E-state index in [1.807, 2.05) is 64.3 Å². The van der Waals surface area contributed by atoms with Gasteiger partial charge >= 0.3 is 6.09 Å². The molecule has 0 atom stereocenters. The van der Waals surface area contributed by atoms with Crippen LogP contribution in [0, 0.1) is 0 Å². The van der Waals surface area contributed by atoms with E-state index in [0.29, 0.717) is 13.1 Å². The Morgan fingerprint density at radius 2 is 1.89 bits per heavy atom. The number of ether oxygens (including phenoxy) is 1. The molecule has 0 bridgehead atoms. The quantitative estimate of drug-likeness (QED) is 0.365. The fourth-order valence-electron chi connectivity index (χ4n) is 4.48. The summed E-state index contributed by atoms with van der Waals surface area (Å²) in [6.45, 7) is 6.82. The number of nitrogens with zero attached hydrogens (tertiary/aromatic N) is 4. The molecule has 7 nitrogen and oxygen atoms in total. The zero-order chi connectivity index (χ0) is 25.3. The lowest BCUT2D eigenvalue weighted by molar-refractivity contribution is 0.0270. The first-order valence-electron chi connectivity index (χ1n) is 12.2. The number of aryl methyl sites for hydroxylation is 1. The first kappa shape index (κ1) is 23.6. The van der Waals surface area contributed by atoms with Crippen molar-refractivity contribution >= 4 is 34.1 Å². The van der Waals surface area contributed by atoms with E-state index in [-0.39, 0.29) is 6.09 Å². The van der Waals surface area contributed by atoms with E-state index in [4.69, 9.17) is 4.74 Å². The number of carbonyl (C=O) groups is 1. The van der Waals surface area contributed by atoms with Gasteiger partial charge in [-0.05, 0) is 69.2 Å². The molecule has 7 heteroatoms. The molecular weight excluding hydrogens is 450 g/mol. The van der Waals surface area contributed by atoms with Crippen LogP contribution >= 0.6 is 0 Å². The summed E-state index contributed by atoms with van der Waals surface area (Å²) >= 11 is 0. The van der Waals surface area contributed by atoms with Gasteiger partial charge in [-0.1, -0.05) is 24.3 Å². The highest BCUT2D eigenvalue weighted by Crippen LogP contribution is 2.33. The van der Waals surface area contributed by atoms with Gasteiger partial charge < -0.3 is 19.5 Å². The van der Waals surface area contributed by atoms with Crippen molar-refractivity contribution in [3.05, 3.63) is 78.8 Å². The Balaban J connectivity index is 1.40. The molecule has 3 aromatic heterocycles. The van der Waals surface area contributed by atoms with Gasteiger partial charge in [0.15, 0.2) is 0 Å². The number of pyridine rings is 2. The van der Waals surface area contributed by atoms with Crippen LogP contribution in [-0.2, 0) is 11.8 Å². The van der Waals surface area contributed by atoms with Gasteiger partial charge in [-0.15, -0.1) is 0 Å². The van der Waals surface area contributed by atoms with Gasteiger partial charge in [-0.25, -0.2) is 9.78 Å². The summed E-state index contributed by atoms with van der Waals surface area (Å²) in [5.74, 6) is 0. The maximum absolute atomic E-state index is 12.4. The number of hydrogen-bond acceptors (Lipinski definition) is 5. The molecule has 4 heterocycles. The first-order valence-corrected chi connectivity index (χ1v) is 12.2. The predicted molar refractivity (Wildman–Crippen MR) is 144 cm³/mol. The van der Waals surface area contributed by atoms with Crippen LogP contribution in [0.3, 0.4) is 0 Å². The summed E-state index contributed by atoms with van der Waals surface area (Å²) in [5.41, 5.74) is 6.70. The molecule has 1 aliphatic heterocycles. The summed E-state index contributed by atoms with van der Waals surface area (Å²) in [7, 11) is 2.04. The number of aromatic nitrogens is 3. The van der Waals surface area contributed by atoms with Gasteiger partial charge in [-0.3, -0.25) is 4.98 Å². The van der Waals surface area contributed by atoms with E-state index in [0.717, 1.165) is 45.8 Å². The van der Waals surface area contributed by atoms with Crippen molar-refractivity contribution in [2.45, 2.75) is 32.8 Å². The zero-order valence-electron chi connectivity index (χ0n) is 21.2. The third-order valence-corrected chi connectivity index (χ3v) is 6.22. The molecule has 0 saturated carbocycles. The smallest absolute Gasteiger partial charge is 0.410 e. The lowest BCUT2D eigenvalue weighted by atomic mass is 10.0. The number of benzene rings is 1. The highest BCUT2D eigenvalue weighted by Gasteiger charge is 2.25. The minimum absolute atomic E-state index is 0.268. The van der Waals surface area contributed by atoms with E-state index in [1.165, 1.54) is 5.57 Å². The Labute approximate surface area is 211 Å². The number of nitrogens with one attached hydrogen (secondary N) is 1. The maximum Gasteiger partial charge on any atom is 0.410 e. The molecule has 0 fully saturated rings. The molecule has 0 spiro atoms. The average Bonchev–Trinajstić information content (AvgIpc) is 3.21. The summed E-state index contributed by atoms with van der Waals surface area (Å²) < 4.78 is 7.65. The fraction of sp³-hybridized carbons (Fsp3) is 0.276. The first-order chi connectivity index (χ1) is 17.3. The Hall–Kier alpha value is -4.13. The van der Waals surface area contributed by atoms with E-state index in [2.05, 4.69) is 50.2 Å². The van der Waals surface area contributed by atoms with E-state index in [1.54, 1.807) is 11.1 Å². The van der Waals surface area contributed by atoms with Gasteiger partial charge in [0.1, 0.15) is 11.2 Å². The molecule has 1 aromatic carbocycles. The molecule has 5 rings (SSSR count). The number of carbonyl (C=O) groups excluding carboxylic acids is 1. The van der Waals surface area contributed by atoms with Gasteiger partial charge in [0.25, 0.3) is 0 Å². The predicted octanol–water partition coefficient (Wildman–Crippen LogP) is 6.40.